The van der Waals surface area contributed by atoms with E-state index in [1.165, 1.54) is 161 Å². The first-order valence-electron chi connectivity index (χ1n) is 35.1. The van der Waals surface area contributed by atoms with Gasteiger partial charge in [-0.25, -0.2) is 4.57 Å². The first-order valence-corrected chi connectivity index (χ1v) is 36.6. The summed E-state index contributed by atoms with van der Waals surface area (Å²) >= 11 is 0. The lowest BCUT2D eigenvalue weighted by Crippen LogP contribution is -2.47. The van der Waals surface area contributed by atoms with Gasteiger partial charge in [0.2, 0.25) is 5.91 Å². The second kappa shape index (κ2) is 63.0. The van der Waals surface area contributed by atoms with Crippen molar-refractivity contribution >= 4 is 19.7 Å². The van der Waals surface area contributed by atoms with E-state index in [0.717, 1.165) is 116 Å². The van der Waals surface area contributed by atoms with Crippen molar-refractivity contribution in [1.82, 2.24) is 5.32 Å². The maximum absolute atomic E-state index is 13.6. The van der Waals surface area contributed by atoms with E-state index in [9.17, 15) is 19.0 Å². The molecule has 2 N–H and O–H groups in total. The molecule has 10 heteroatoms. The quantitative estimate of drug-likeness (QED) is 0.0205. The molecule has 0 aromatic rings. The normalized spacial score (nSPS) is 14.1. The van der Waals surface area contributed by atoms with Crippen molar-refractivity contribution in [2.45, 2.75) is 322 Å². The van der Waals surface area contributed by atoms with E-state index in [1.54, 1.807) is 0 Å². The number of unbranched alkanes of at least 4 members (excludes halogenated alkanes) is 33. The molecule has 0 aliphatic rings. The Balaban J connectivity index is 5.11. The van der Waals surface area contributed by atoms with E-state index in [0.29, 0.717) is 17.4 Å². The number of likely N-dealkylation sites (N-methyl/N-ethyl adjacent to an activating group) is 1. The number of nitrogens with one attached hydrogen (secondary N) is 1. The fourth-order valence-electron chi connectivity index (χ4n) is 9.88. The predicted octanol–water partition coefficient (Wildman–Crippen LogP) is 22.3. The maximum atomic E-state index is 13.6. The Morgan fingerprint density at radius 3 is 1.17 bits per heavy atom. The summed E-state index contributed by atoms with van der Waals surface area (Å²) in [7, 11) is 1.48. The minimum absolute atomic E-state index is 0.0327. The molecule has 0 bridgehead atoms. The van der Waals surface area contributed by atoms with Crippen LogP contribution in [-0.2, 0) is 27.9 Å². The summed E-state index contributed by atoms with van der Waals surface area (Å²) in [6.45, 7) is 6.88. The SMILES string of the molecule is CC/C=C\C/C=C\C/C=C\C/C=C\C/C=C\CCCCCCCC(=O)NC(COP(=O)(O)OCC[N+](C)(C)C)C(/C=C/CCCCCCCCCCCC)OC(=O)CCCCCCCCCCCCCCCCC/C=C\C/C=C\CCCCC. The van der Waals surface area contributed by atoms with Crippen LogP contribution in [0.5, 0.6) is 0 Å². The Labute approximate surface area is 519 Å². The van der Waals surface area contributed by atoms with Gasteiger partial charge >= 0.3 is 13.8 Å². The first kappa shape index (κ1) is 80.9. The van der Waals surface area contributed by atoms with Gasteiger partial charge < -0.3 is 19.4 Å². The number of phosphoric acid groups is 1. The molecule has 0 saturated heterocycles. The molecule has 0 aromatic heterocycles. The summed E-state index contributed by atoms with van der Waals surface area (Å²) in [6.07, 6.45) is 85.6. The third kappa shape index (κ3) is 63.4. The molecule has 0 aliphatic heterocycles. The molecule has 0 radical (unpaired) electrons. The topological polar surface area (TPSA) is 111 Å². The third-order valence-electron chi connectivity index (χ3n) is 15.3. The Morgan fingerprint density at radius 2 is 0.762 bits per heavy atom. The second-order valence-corrected chi connectivity index (χ2v) is 26.1. The Kier molecular flexibility index (Phi) is 60.7. The highest BCUT2D eigenvalue weighted by atomic mass is 31.2. The molecule has 0 fully saturated rings. The van der Waals surface area contributed by atoms with Crippen molar-refractivity contribution in [3.63, 3.8) is 0 Å². The number of hydrogen-bond acceptors (Lipinski definition) is 6. The number of phosphoric ester groups is 1. The molecule has 0 rings (SSSR count). The molecule has 3 atom stereocenters. The number of nitrogens with zero attached hydrogens (tertiary/aromatic N) is 1. The molecule has 3 unspecified atom stereocenters. The van der Waals surface area contributed by atoms with Crippen molar-refractivity contribution in [3.05, 3.63) is 97.2 Å². The van der Waals surface area contributed by atoms with Crippen molar-refractivity contribution < 1.29 is 37.3 Å². The summed E-state index contributed by atoms with van der Waals surface area (Å²) in [5, 5.41) is 3.06. The zero-order valence-electron chi connectivity index (χ0n) is 55.6. The van der Waals surface area contributed by atoms with Crippen molar-refractivity contribution in [2.75, 3.05) is 40.9 Å². The van der Waals surface area contributed by atoms with Crippen LogP contribution in [0.4, 0.5) is 0 Å². The standard InChI is InChI=1S/C74H133N2O7P/c1-7-10-13-16-19-22-25-28-30-32-34-36-37-38-39-41-43-45-47-49-52-55-58-61-64-67-74(78)83-72(65-62-59-56-53-50-27-24-21-18-15-12-9-3)71(70-82-84(79,80)81-69-68-76(4,5)6)75-73(77)66-63-60-57-54-51-48-46-44-42-40-35-33-31-29-26-23-20-17-14-11-8-2/h11,14,19-20,22-23,28-31,35,40,44,46,62,65,71-72H,7-10,12-13,15-18,21,24-27,32-34,36-39,41-43,45,47-61,63-64,66-70H2,1-6H3,(H-,75,77,79,80)/p+1/b14-11-,22-19-,23-20-,30-28-,31-29-,40-35-,46-44-,65-62+. The molecule has 0 saturated carbocycles. The van der Waals surface area contributed by atoms with Crippen LogP contribution >= 0.6 is 7.82 Å². The van der Waals surface area contributed by atoms with Crippen LogP contribution in [0.15, 0.2) is 97.2 Å². The van der Waals surface area contributed by atoms with Gasteiger partial charge in [-0.05, 0) is 109 Å². The Morgan fingerprint density at radius 1 is 0.429 bits per heavy atom. The smallest absolute Gasteiger partial charge is 0.456 e. The number of ether oxygens (including phenoxy) is 1. The van der Waals surface area contributed by atoms with Crippen LogP contribution in [0.2, 0.25) is 0 Å². The lowest BCUT2D eigenvalue weighted by atomic mass is 10.0. The first-order chi connectivity index (χ1) is 40.9. The van der Waals surface area contributed by atoms with E-state index in [2.05, 4.69) is 111 Å². The maximum Gasteiger partial charge on any atom is 0.472 e. The van der Waals surface area contributed by atoms with Gasteiger partial charge in [0.1, 0.15) is 19.3 Å². The molecule has 0 aliphatic carbocycles. The van der Waals surface area contributed by atoms with Gasteiger partial charge in [-0.3, -0.25) is 18.6 Å². The van der Waals surface area contributed by atoms with Gasteiger partial charge in [-0.1, -0.05) is 285 Å². The third-order valence-corrected chi connectivity index (χ3v) is 16.2. The highest BCUT2D eigenvalue weighted by Gasteiger charge is 2.30. The summed E-state index contributed by atoms with van der Waals surface area (Å²) in [5.41, 5.74) is 0. The van der Waals surface area contributed by atoms with Crippen LogP contribution < -0.4 is 5.32 Å². The number of quaternary nitrogens is 1. The molecule has 1 amide bonds. The fraction of sp³-hybridized carbons (Fsp3) is 0.757. The van der Waals surface area contributed by atoms with E-state index in [-0.39, 0.29) is 31.5 Å². The number of hydrogen-bond donors (Lipinski definition) is 2. The predicted molar refractivity (Wildman–Crippen MR) is 364 cm³/mol. The van der Waals surface area contributed by atoms with Gasteiger partial charge in [-0.15, -0.1) is 0 Å². The molecule has 0 heterocycles. The molecular formula is C74H134N2O7P+. The van der Waals surface area contributed by atoms with Gasteiger partial charge in [0, 0.05) is 12.8 Å². The van der Waals surface area contributed by atoms with Crippen LogP contribution in [0, 0.1) is 0 Å². The van der Waals surface area contributed by atoms with Crippen LogP contribution in [-0.4, -0.2) is 74.3 Å². The van der Waals surface area contributed by atoms with Gasteiger partial charge in [-0.2, -0.15) is 0 Å². The highest BCUT2D eigenvalue weighted by molar-refractivity contribution is 7.47. The van der Waals surface area contributed by atoms with Gasteiger partial charge in [0.15, 0.2) is 0 Å². The molecule has 0 spiro atoms. The number of amides is 1. The summed E-state index contributed by atoms with van der Waals surface area (Å²) in [6, 6.07) is -0.864. The second-order valence-electron chi connectivity index (χ2n) is 24.7. The fourth-order valence-corrected chi connectivity index (χ4v) is 10.6. The average Bonchev–Trinajstić information content (AvgIpc) is 3.64. The van der Waals surface area contributed by atoms with E-state index in [1.807, 2.05) is 33.3 Å². The highest BCUT2D eigenvalue weighted by Crippen LogP contribution is 2.43. The monoisotopic (exact) mass is 1190 g/mol. The van der Waals surface area contributed by atoms with Crippen molar-refractivity contribution in [2.24, 2.45) is 0 Å². The molecule has 486 valence electrons. The molecule has 84 heavy (non-hydrogen) atoms. The molecular weight excluding hydrogens is 1060 g/mol. The average molecular weight is 1190 g/mol. The summed E-state index contributed by atoms with van der Waals surface area (Å²) in [5.74, 6) is -0.523. The minimum atomic E-state index is -4.46. The number of allylic oxidation sites excluding steroid dienone is 15. The lowest BCUT2D eigenvalue weighted by Gasteiger charge is -2.27. The Bertz CT molecular complexity index is 1760. The van der Waals surface area contributed by atoms with E-state index >= 15 is 0 Å². The van der Waals surface area contributed by atoms with Gasteiger partial charge in [0.25, 0.3) is 0 Å². The molecule has 0 aromatic carbocycles. The Hall–Kier alpha value is -3.07. The zero-order chi connectivity index (χ0) is 61.4. The lowest BCUT2D eigenvalue weighted by molar-refractivity contribution is -0.870. The van der Waals surface area contributed by atoms with Crippen LogP contribution in [0.25, 0.3) is 0 Å². The minimum Gasteiger partial charge on any atom is -0.456 e. The summed E-state index contributed by atoms with van der Waals surface area (Å²) in [4.78, 5) is 37.9. The number of carbonyl (C=O) groups excluding carboxylic acids is 2. The van der Waals surface area contributed by atoms with E-state index < -0.39 is 20.0 Å². The number of rotatable bonds is 63. The van der Waals surface area contributed by atoms with Crippen LogP contribution in [0.1, 0.15) is 310 Å². The number of carbonyl (C=O) groups is 2. The summed E-state index contributed by atoms with van der Waals surface area (Å²) < 4.78 is 30.8. The largest absolute Gasteiger partial charge is 0.472 e. The zero-order valence-corrected chi connectivity index (χ0v) is 56.5. The number of esters is 1. The van der Waals surface area contributed by atoms with Crippen molar-refractivity contribution in [1.29, 1.82) is 0 Å². The van der Waals surface area contributed by atoms with Crippen LogP contribution in [0.3, 0.4) is 0 Å². The van der Waals surface area contributed by atoms with Gasteiger partial charge in [0.05, 0.1) is 33.8 Å². The molecule has 9 nitrogen and oxygen atoms in total. The van der Waals surface area contributed by atoms with Crippen molar-refractivity contribution in [3.8, 4) is 0 Å². The van der Waals surface area contributed by atoms with E-state index in [4.69, 9.17) is 13.8 Å².